The second-order valence-corrected chi connectivity index (χ2v) is 6.18. The zero-order valence-electron chi connectivity index (χ0n) is 13.0. The summed E-state index contributed by atoms with van der Waals surface area (Å²) in [7, 11) is 1.54. The molecule has 1 saturated carbocycles. The number of urea groups is 1. The van der Waals surface area contributed by atoms with Crippen molar-refractivity contribution in [1.82, 2.24) is 4.90 Å². The molecule has 0 aromatic heterocycles. The van der Waals surface area contributed by atoms with Gasteiger partial charge in [0.15, 0.2) is 0 Å². The van der Waals surface area contributed by atoms with E-state index in [2.05, 4.69) is 5.32 Å². The van der Waals surface area contributed by atoms with Gasteiger partial charge in [0.2, 0.25) is 0 Å². The number of halogens is 1. The Morgan fingerprint density at radius 2 is 2.17 bits per heavy atom. The highest BCUT2D eigenvalue weighted by molar-refractivity contribution is 6.31. The molecule has 0 bridgehead atoms. The Labute approximate surface area is 140 Å². The largest absolute Gasteiger partial charge is 0.491 e. The van der Waals surface area contributed by atoms with Gasteiger partial charge in [0.25, 0.3) is 0 Å². The lowest BCUT2D eigenvalue weighted by Crippen LogP contribution is -2.33. The van der Waals surface area contributed by atoms with Crippen molar-refractivity contribution in [2.24, 2.45) is 5.92 Å². The maximum absolute atomic E-state index is 12.1. The molecule has 23 heavy (non-hydrogen) atoms. The van der Waals surface area contributed by atoms with E-state index in [4.69, 9.17) is 21.4 Å². The van der Waals surface area contributed by atoms with Gasteiger partial charge in [-0.15, -0.1) is 0 Å². The molecule has 0 atom stereocenters. The predicted molar refractivity (Wildman–Crippen MR) is 88.2 cm³/mol. The minimum Gasteiger partial charge on any atom is -0.491 e. The van der Waals surface area contributed by atoms with Crippen LogP contribution in [0, 0.1) is 5.92 Å². The Morgan fingerprint density at radius 1 is 1.43 bits per heavy atom. The van der Waals surface area contributed by atoms with Crippen LogP contribution in [-0.2, 0) is 4.79 Å². The van der Waals surface area contributed by atoms with Gasteiger partial charge in [-0.2, -0.15) is 0 Å². The summed E-state index contributed by atoms with van der Waals surface area (Å²) in [5.74, 6) is 0.200. The quantitative estimate of drug-likeness (QED) is 0.796. The number of carbonyl (C=O) groups excluding carboxylic acids is 1. The topological polar surface area (TPSA) is 78.9 Å². The van der Waals surface area contributed by atoms with Gasteiger partial charge in [-0.25, -0.2) is 4.79 Å². The molecule has 7 heteroatoms. The van der Waals surface area contributed by atoms with E-state index >= 15 is 0 Å². The molecule has 0 radical (unpaired) electrons. The van der Waals surface area contributed by atoms with Crippen molar-refractivity contribution >= 4 is 29.3 Å². The fourth-order valence-electron chi connectivity index (χ4n) is 2.17. The Morgan fingerprint density at radius 3 is 2.78 bits per heavy atom. The second kappa shape index (κ2) is 8.06. The molecule has 1 aliphatic rings. The second-order valence-electron chi connectivity index (χ2n) is 5.74. The summed E-state index contributed by atoms with van der Waals surface area (Å²) in [5.41, 5.74) is 0.490. The summed E-state index contributed by atoms with van der Waals surface area (Å²) in [6, 6.07) is 4.66. The van der Waals surface area contributed by atoms with Gasteiger partial charge >= 0.3 is 12.0 Å². The van der Waals surface area contributed by atoms with Crippen LogP contribution in [0.4, 0.5) is 10.5 Å². The Bertz CT molecular complexity index is 575. The highest BCUT2D eigenvalue weighted by Gasteiger charge is 2.19. The Balaban J connectivity index is 1.97. The van der Waals surface area contributed by atoms with Gasteiger partial charge in [-0.3, -0.25) is 4.79 Å². The lowest BCUT2D eigenvalue weighted by atomic mass is 9.86. The van der Waals surface area contributed by atoms with E-state index in [-0.39, 0.29) is 13.0 Å². The van der Waals surface area contributed by atoms with Crippen molar-refractivity contribution in [3.05, 3.63) is 23.2 Å². The number of amides is 2. The number of rotatable bonds is 7. The third kappa shape index (κ3) is 5.32. The minimum absolute atomic E-state index is 0.107. The molecule has 2 N–H and O–H groups in total. The molecular formula is C16H21ClN2O4. The van der Waals surface area contributed by atoms with Crippen molar-refractivity contribution in [2.75, 3.05) is 25.5 Å². The number of carboxylic acids is 1. The molecule has 0 unspecified atom stereocenters. The van der Waals surface area contributed by atoms with Gasteiger partial charge in [0.1, 0.15) is 5.75 Å². The molecule has 0 aliphatic heterocycles. The number of carboxylic acid groups (broad SMARTS) is 1. The highest BCUT2D eigenvalue weighted by Crippen LogP contribution is 2.31. The SMILES string of the molecule is CN(CCC(=O)O)C(=O)Nc1cc(Cl)ccc1OCC1CCC1. The average Bonchev–Trinajstić information content (AvgIpc) is 2.45. The smallest absolute Gasteiger partial charge is 0.321 e. The van der Waals surface area contributed by atoms with E-state index in [1.807, 2.05) is 0 Å². The van der Waals surface area contributed by atoms with Crippen molar-refractivity contribution in [3.8, 4) is 5.75 Å². The fourth-order valence-corrected chi connectivity index (χ4v) is 2.34. The lowest BCUT2D eigenvalue weighted by Gasteiger charge is -2.26. The minimum atomic E-state index is -0.947. The van der Waals surface area contributed by atoms with E-state index in [9.17, 15) is 9.59 Å². The third-order valence-corrected chi connectivity index (χ3v) is 4.13. The molecule has 2 amide bonds. The Kier molecular flexibility index (Phi) is 6.10. The molecule has 1 fully saturated rings. The normalized spacial score (nSPS) is 14.0. The summed E-state index contributed by atoms with van der Waals surface area (Å²) in [5, 5.41) is 11.9. The molecule has 2 rings (SSSR count). The van der Waals surface area contributed by atoms with Crippen LogP contribution in [0.5, 0.6) is 5.75 Å². The first-order valence-electron chi connectivity index (χ1n) is 7.62. The number of carbonyl (C=O) groups is 2. The summed E-state index contributed by atoms with van der Waals surface area (Å²) in [6.45, 7) is 0.749. The van der Waals surface area contributed by atoms with Crippen LogP contribution in [0.3, 0.4) is 0 Å². The zero-order chi connectivity index (χ0) is 16.8. The van der Waals surface area contributed by atoms with E-state index in [0.29, 0.717) is 29.0 Å². The monoisotopic (exact) mass is 340 g/mol. The first kappa shape index (κ1) is 17.4. The molecule has 0 heterocycles. The van der Waals surface area contributed by atoms with Gasteiger partial charge in [-0.1, -0.05) is 18.0 Å². The highest BCUT2D eigenvalue weighted by atomic mass is 35.5. The first-order valence-corrected chi connectivity index (χ1v) is 7.99. The van der Waals surface area contributed by atoms with E-state index < -0.39 is 12.0 Å². The molecule has 1 aromatic carbocycles. The zero-order valence-corrected chi connectivity index (χ0v) is 13.8. The standard InChI is InChI=1S/C16H21ClN2O4/c1-19(8-7-15(20)21)16(22)18-13-9-12(17)5-6-14(13)23-10-11-3-2-4-11/h5-6,9,11H,2-4,7-8,10H2,1H3,(H,18,22)(H,20,21). The van der Waals surface area contributed by atoms with Crippen LogP contribution < -0.4 is 10.1 Å². The number of aliphatic carboxylic acids is 1. The fraction of sp³-hybridized carbons (Fsp3) is 0.500. The Hall–Kier alpha value is -1.95. The maximum Gasteiger partial charge on any atom is 0.321 e. The van der Waals surface area contributed by atoms with E-state index in [1.54, 1.807) is 18.2 Å². The number of hydrogen-bond acceptors (Lipinski definition) is 3. The van der Waals surface area contributed by atoms with Crippen LogP contribution >= 0.6 is 11.6 Å². The van der Waals surface area contributed by atoms with Crippen LogP contribution in [0.25, 0.3) is 0 Å². The molecule has 126 valence electrons. The molecule has 0 saturated heterocycles. The van der Waals surface area contributed by atoms with Crippen molar-refractivity contribution < 1.29 is 19.4 Å². The first-order chi connectivity index (χ1) is 11.0. The van der Waals surface area contributed by atoms with Crippen molar-refractivity contribution in [1.29, 1.82) is 0 Å². The molecular weight excluding hydrogens is 320 g/mol. The molecule has 6 nitrogen and oxygen atoms in total. The number of nitrogens with zero attached hydrogens (tertiary/aromatic N) is 1. The number of nitrogens with one attached hydrogen (secondary N) is 1. The summed E-state index contributed by atoms with van der Waals surface area (Å²) in [6.07, 6.45) is 3.48. The molecule has 1 aromatic rings. The summed E-state index contributed by atoms with van der Waals surface area (Å²) < 4.78 is 5.79. The van der Waals surface area contributed by atoms with Crippen LogP contribution in [-0.4, -0.2) is 42.2 Å². The van der Waals surface area contributed by atoms with Crippen LogP contribution in [0.15, 0.2) is 18.2 Å². The third-order valence-electron chi connectivity index (χ3n) is 3.89. The lowest BCUT2D eigenvalue weighted by molar-refractivity contribution is -0.137. The van der Waals surface area contributed by atoms with Gasteiger partial charge in [0.05, 0.1) is 18.7 Å². The number of ether oxygens (including phenoxy) is 1. The van der Waals surface area contributed by atoms with E-state index in [1.165, 1.54) is 31.2 Å². The predicted octanol–water partition coefficient (Wildman–Crippen LogP) is 3.46. The van der Waals surface area contributed by atoms with Gasteiger partial charge in [0, 0.05) is 18.6 Å². The molecule has 0 spiro atoms. The van der Waals surface area contributed by atoms with Crippen LogP contribution in [0.2, 0.25) is 5.02 Å². The van der Waals surface area contributed by atoms with Gasteiger partial charge < -0.3 is 20.1 Å². The molecule has 1 aliphatic carbocycles. The van der Waals surface area contributed by atoms with Gasteiger partial charge in [-0.05, 0) is 37.0 Å². The van der Waals surface area contributed by atoms with Crippen LogP contribution in [0.1, 0.15) is 25.7 Å². The maximum atomic E-state index is 12.1. The number of anilines is 1. The summed E-state index contributed by atoms with van der Waals surface area (Å²) in [4.78, 5) is 24.0. The summed E-state index contributed by atoms with van der Waals surface area (Å²) >= 11 is 5.99. The number of hydrogen-bond donors (Lipinski definition) is 2. The van der Waals surface area contributed by atoms with Crippen molar-refractivity contribution in [2.45, 2.75) is 25.7 Å². The van der Waals surface area contributed by atoms with E-state index in [0.717, 1.165) is 0 Å². The van der Waals surface area contributed by atoms with Crippen molar-refractivity contribution in [3.63, 3.8) is 0 Å². The average molecular weight is 341 g/mol. The number of benzene rings is 1.